The predicted octanol–water partition coefficient (Wildman–Crippen LogP) is -0.416. The molecule has 12 nitrogen and oxygen atoms in total. The zero-order valence-corrected chi connectivity index (χ0v) is 20.8. The van der Waals surface area contributed by atoms with Crippen LogP contribution in [0.1, 0.15) is 23.7 Å². The van der Waals surface area contributed by atoms with Crippen LogP contribution in [0.2, 0.25) is 0 Å². The van der Waals surface area contributed by atoms with E-state index in [1.54, 1.807) is 30.3 Å². The Labute approximate surface area is 221 Å². The minimum atomic E-state index is -3.83. The van der Waals surface area contributed by atoms with Gasteiger partial charge in [0.2, 0.25) is 5.91 Å². The quantitative estimate of drug-likeness (QED) is 0.164. The molecule has 7 atom stereocenters. The maximum atomic E-state index is 15.5. The maximum Gasteiger partial charge on any atom is 0.375 e. The average Bonchev–Trinajstić information content (AvgIpc) is 2.92. The molecule has 0 saturated carbocycles. The first-order valence-corrected chi connectivity index (χ1v) is 12.0. The molecule has 1 saturated heterocycles. The molecule has 14 heteroatoms. The van der Waals surface area contributed by atoms with Gasteiger partial charge in [-0.3, -0.25) is 4.79 Å². The van der Waals surface area contributed by atoms with E-state index >= 15 is 4.39 Å². The number of halogens is 2. The number of esters is 2. The second kappa shape index (κ2) is 12.6. The summed E-state index contributed by atoms with van der Waals surface area (Å²) in [5.74, 6) is -7.56. The Morgan fingerprint density at radius 2 is 1.82 bits per heavy atom. The number of ether oxygens (including phenoxy) is 3. The summed E-state index contributed by atoms with van der Waals surface area (Å²) in [6.07, 6.45) is -8.91. The Morgan fingerprint density at radius 1 is 1.15 bits per heavy atom. The van der Waals surface area contributed by atoms with Crippen molar-refractivity contribution in [2.24, 2.45) is 5.73 Å². The molecule has 2 aromatic carbocycles. The third-order valence-corrected chi connectivity index (χ3v) is 6.21. The number of nitrogens with one attached hydrogen (secondary N) is 1. The van der Waals surface area contributed by atoms with Gasteiger partial charge in [0, 0.05) is 18.7 Å². The standard InChI is InChI=1S/C25H30F2N2O10/c1-12(31)29-18-17(28)22(26)25(27,39-21(18)20(34)16(32)11-30)24(36)38-10-4-9-37-23(35)15-8-7-13-5-2-3-6-14(13)19(15)33/h2-3,5-8,16-18,20-22,30,32-34H,4,9-11,28H2,1H3,(H,29,31)/t16-,17-,18-,20-,21-,22-,25-/m1/s1. The van der Waals surface area contributed by atoms with Crippen LogP contribution in [0.15, 0.2) is 36.4 Å². The van der Waals surface area contributed by atoms with Gasteiger partial charge >= 0.3 is 17.8 Å². The van der Waals surface area contributed by atoms with Crippen molar-refractivity contribution >= 4 is 28.6 Å². The summed E-state index contributed by atoms with van der Waals surface area (Å²) >= 11 is 0. The van der Waals surface area contributed by atoms with Crippen LogP contribution in [0.4, 0.5) is 8.78 Å². The van der Waals surface area contributed by atoms with Crippen LogP contribution < -0.4 is 11.1 Å². The molecule has 39 heavy (non-hydrogen) atoms. The molecule has 0 spiro atoms. The fraction of sp³-hybridized carbons (Fsp3) is 0.480. The lowest BCUT2D eigenvalue weighted by Crippen LogP contribution is -2.73. The molecule has 1 amide bonds. The highest BCUT2D eigenvalue weighted by Crippen LogP contribution is 2.36. The number of phenolic OH excluding ortho intramolecular Hbond substituents is 1. The van der Waals surface area contributed by atoms with Crippen molar-refractivity contribution in [3.05, 3.63) is 42.0 Å². The Kier molecular flexibility index (Phi) is 9.74. The van der Waals surface area contributed by atoms with Crippen molar-refractivity contribution in [1.82, 2.24) is 5.32 Å². The summed E-state index contributed by atoms with van der Waals surface area (Å²) in [5.41, 5.74) is 5.62. The van der Waals surface area contributed by atoms with Crippen LogP contribution in [0.3, 0.4) is 0 Å². The molecule has 214 valence electrons. The van der Waals surface area contributed by atoms with Gasteiger partial charge in [0.1, 0.15) is 29.6 Å². The third-order valence-electron chi connectivity index (χ3n) is 6.21. The van der Waals surface area contributed by atoms with Gasteiger partial charge < -0.3 is 45.7 Å². The van der Waals surface area contributed by atoms with E-state index in [2.05, 4.69) is 5.32 Å². The van der Waals surface area contributed by atoms with Crippen molar-refractivity contribution in [1.29, 1.82) is 0 Å². The van der Waals surface area contributed by atoms with Gasteiger partial charge in [0.05, 0.1) is 31.9 Å². The SMILES string of the molecule is CC(=O)N[C@@H]1[C@@H](N)[C@@H](F)[C@](F)(C(=O)OCCCOC(=O)c2ccc3ccccc3c2O)O[C@H]1[C@H](O)[C@H](O)CO. The summed E-state index contributed by atoms with van der Waals surface area (Å²) in [6.45, 7) is -0.826. The largest absolute Gasteiger partial charge is 0.506 e. The number of benzene rings is 2. The Morgan fingerprint density at radius 3 is 2.49 bits per heavy atom. The molecule has 7 N–H and O–H groups in total. The fourth-order valence-corrected chi connectivity index (χ4v) is 4.15. The van der Waals surface area contributed by atoms with E-state index in [4.69, 9.17) is 25.1 Å². The van der Waals surface area contributed by atoms with Crippen molar-refractivity contribution in [2.45, 2.75) is 55.8 Å². The van der Waals surface area contributed by atoms with Crippen LogP contribution in [-0.2, 0) is 23.8 Å². The highest BCUT2D eigenvalue weighted by Gasteiger charge is 2.62. The molecule has 1 aliphatic rings. The van der Waals surface area contributed by atoms with Crippen molar-refractivity contribution in [2.75, 3.05) is 19.8 Å². The van der Waals surface area contributed by atoms with E-state index in [1.807, 2.05) is 0 Å². The highest BCUT2D eigenvalue weighted by molar-refractivity contribution is 6.01. The van der Waals surface area contributed by atoms with Crippen molar-refractivity contribution in [3.63, 3.8) is 0 Å². The smallest absolute Gasteiger partial charge is 0.375 e. The normalized spacial score (nSPS) is 26.4. The Balaban J connectivity index is 1.60. The Hall–Kier alpha value is -3.43. The van der Waals surface area contributed by atoms with Gasteiger partial charge in [0.15, 0.2) is 6.17 Å². The summed E-state index contributed by atoms with van der Waals surface area (Å²) in [6, 6.07) is 6.34. The van der Waals surface area contributed by atoms with Gasteiger partial charge in [-0.05, 0) is 11.5 Å². The monoisotopic (exact) mass is 556 g/mol. The number of nitrogens with two attached hydrogens (primary N) is 1. The van der Waals surface area contributed by atoms with E-state index in [9.17, 15) is 34.1 Å². The predicted molar refractivity (Wildman–Crippen MR) is 130 cm³/mol. The number of aliphatic hydroxyl groups excluding tert-OH is 3. The lowest BCUT2D eigenvalue weighted by Gasteiger charge is -2.46. The van der Waals surface area contributed by atoms with E-state index < -0.39 is 73.5 Å². The molecule has 1 aliphatic heterocycles. The van der Waals surface area contributed by atoms with Crippen molar-refractivity contribution < 1.29 is 57.8 Å². The van der Waals surface area contributed by atoms with E-state index in [1.165, 1.54) is 6.07 Å². The molecule has 0 unspecified atom stereocenters. The number of rotatable bonds is 10. The lowest BCUT2D eigenvalue weighted by atomic mass is 9.86. The molecule has 2 aromatic rings. The first kappa shape index (κ1) is 30.1. The number of aromatic hydroxyl groups is 1. The first-order valence-electron chi connectivity index (χ1n) is 12.0. The number of amides is 1. The van der Waals surface area contributed by atoms with Gasteiger partial charge in [0.25, 0.3) is 0 Å². The summed E-state index contributed by atoms with van der Waals surface area (Å²) in [4.78, 5) is 36.3. The number of carbonyl (C=O) groups excluding carboxylic acids is 3. The molecule has 0 aromatic heterocycles. The first-order chi connectivity index (χ1) is 18.4. The molecule has 0 radical (unpaired) electrons. The molecule has 1 fully saturated rings. The van der Waals surface area contributed by atoms with Crippen LogP contribution in [0, 0.1) is 0 Å². The summed E-state index contributed by atoms with van der Waals surface area (Å²) in [5, 5.41) is 42.8. The molecular formula is C25H30F2N2O10. The summed E-state index contributed by atoms with van der Waals surface area (Å²) in [7, 11) is 0. The van der Waals surface area contributed by atoms with Crippen molar-refractivity contribution in [3.8, 4) is 5.75 Å². The Bertz CT molecular complexity index is 1200. The minimum Gasteiger partial charge on any atom is -0.506 e. The molecule has 0 bridgehead atoms. The molecule has 1 heterocycles. The van der Waals surface area contributed by atoms with E-state index in [0.717, 1.165) is 6.92 Å². The second-order valence-corrected chi connectivity index (χ2v) is 8.98. The van der Waals surface area contributed by atoms with Crippen LogP contribution in [0.25, 0.3) is 10.8 Å². The van der Waals surface area contributed by atoms with Gasteiger partial charge in [-0.15, -0.1) is 0 Å². The maximum absolute atomic E-state index is 15.5. The number of carbonyl (C=O) groups is 3. The molecule has 3 rings (SSSR count). The molecule has 0 aliphatic carbocycles. The van der Waals surface area contributed by atoms with Crippen LogP contribution >= 0.6 is 0 Å². The van der Waals surface area contributed by atoms with Crippen LogP contribution in [-0.4, -0.2) is 101 Å². The zero-order chi connectivity index (χ0) is 28.9. The third kappa shape index (κ3) is 6.42. The number of alkyl halides is 2. The topological polar surface area (TPSA) is 198 Å². The number of hydrogen-bond acceptors (Lipinski definition) is 11. The highest BCUT2D eigenvalue weighted by atomic mass is 19.2. The second-order valence-electron chi connectivity index (χ2n) is 8.98. The summed E-state index contributed by atoms with van der Waals surface area (Å²) < 4.78 is 45.1. The van der Waals surface area contributed by atoms with Gasteiger partial charge in [-0.25, -0.2) is 14.0 Å². The fourth-order valence-electron chi connectivity index (χ4n) is 4.15. The number of aliphatic hydroxyl groups is 3. The van der Waals surface area contributed by atoms with Gasteiger partial charge in [-0.1, -0.05) is 30.3 Å². The van der Waals surface area contributed by atoms with Crippen LogP contribution in [0.5, 0.6) is 5.75 Å². The van der Waals surface area contributed by atoms with E-state index in [0.29, 0.717) is 10.8 Å². The number of fused-ring (bicyclic) bond motifs is 1. The minimum absolute atomic E-state index is 0.0957. The number of phenols is 1. The average molecular weight is 557 g/mol. The van der Waals surface area contributed by atoms with Gasteiger partial charge in [-0.2, -0.15) is 4.39 Å². The lowest BCUT2D eigenvalue weighted by molar-refractivity contribution is -0.278. The molecular weight excluding hydrogens is 526 g/mol. The zero-order valence-electron chi connectivity index (χ0n) is 20.8. The van der Waals surface area contributed by atoms with E-state index in [-0.39, 0.29) is 24.3 Å². The number of hydrogen-bond donors (Lipinski definition) is 6.